The summed E-state index contributed by atoms with van der Waals surface area (Å²) < 4.78 is 70.1. The third-order valence-electron chi connectivity index (χ3n) is 5.74. The molecule has 1 saturated carbocycles. The summed E-state index contributed by atoms with van der Waals surface area (Å²) in [6.07, 6.45) is 1.47. The Morgan fingerprint density at radius 3 is 2.45 bits per heavy atom. The van der Waals surface area contributed by atoms with Crippen LogP contribution in [0.15, 0.2) is 30.3 Å². The lowest BCUT2D eigenvalue weighted by Crippen LogP contribution is -2.51. The van der Waals surface area contributed by atoms with Crippen LogP contribution in [0.25, 0.3) is 0 Å². The second-order valence-electron chi connectivity index (χ2n) is 7.84. The number of amides is 1. The number of halogens is 3. The predicted molar refractivity (Wildman–Crippen MR) is 103 cm³/mol. The fourth-order valence-corrected chi connectivity index (χ4v) is 4.88. The van der Waals surface area contributed by atoms with E-state index in [1.807, 2.05) is 6.07 Å². The number of ether oxygens (including phenoxy) is 1. The number of alkyl halides is 3. The van der Waals surface area contributed by atoms with E-state index in [-0.39, 0.29) is 18.6 Å². The molecule has 0 unspecified atom stereocenters. The number of benzene rings is 1. The van der Waals surface area contributed by atoms with E-state index in [1.165, 1.54) is 4.90 Å². The average Bonchev–Trinajstić information content (AvgIpc) is 3.10. The minimum atomic E-state index is -5.95. The number of rotatable bonds is 6. The molecular weight excluding hydrogens is 439 g/mol. The SMILES string of the molecule is C[C@@H](OS(=O)(=O)C(F)(F)F)C(=O)N1[C@@H]2CCCC[C@@H]2C[C@H]1C(=O)OCc1ccccc1. The van der Waals surface area contributed by atoms with Crippen LogP contribution in [0, 0.1) is 5.92 Å². The summed E-state index contributed by atoms with van der Waals surface area (Å²) in [4.78, 5) is 26.9. The predicted octanol–water partition coefficient (Wildman–Crippen LogP) is 3.14. The summed E-state index contributed by atoms with van der Waals surface area (Å²) in [6.45, 7) is 0.927. The number of carbonyl (C=O) groups excluding carboxylic acids is 2. The van der Waals surface area contributed by atoms with E-state index in [2.05, 4.69) is 4.18 Å². The summed E-state index contributed by atoms with van der Waals surface area (Å²) >= 11 is 0. The summed E-state index contributed by atoms with van der Waals surface area (Å²) in [5, 5.41) is 0. The normalized spacial score (nSPS) is 25.0. The van der Waals surface area contributed by atoms with Crippen LogP contribution in [-0.4, -0.2) is 48.9 Å². The number of fused-ring (bicyclic) bond motifs is 1. The van der Waals surface area contributed by atoms with E-state index >= 15 is 0 Å². The monoisotopic (exact) mass is 463 g/mol. The molecule has 1 aliphatic heterocycles. The first kappa shape index (κ1) is 23.5. The van der Waals surface area contributed by atoms with Gasteiger partial charge in [-0.1, -0.05) is 43.2 Å². The van der Waals surface area contributed by atoms with E-state index < -0.39 is 39.6 Å². The first-order valence-corrected chi connectivity index (χ1v) is 11.4. The topological polar surface area (TPSA) is 90.0 Å². The van der Waals surface area contributed by atoms with Crippen LogP contribution in [-0.2, 0) is 35.2 Å². The van der Waals surface area contributed by atoms with Crippen molar-refractivity contribution in [1.82, 2.24) is 4.90 Å². The Balaban J connectivity index is 1.76. The molecule has 1 heterocycles. The fourth-order valence-electron chi connectivity index (χ4n) is 4.31. The molecule has 0 N–H and O–H groups in total. The van der Waals surface area contributed by atoms with Gasteiger partial charge in [-0.3, -0.25) is 8.98 Å². The molecule has 1 amide bonds. The quantitative estimate of drug-likeness (QED) is 0.366. The van der Waals surface area contributed by atoms with E-state index in [0.29, 0.717) is 12.8 Å². The largest absolute Gasteiger partial charge is 0.523 e. The highest BCUT2D eigenvalue weighted by molar-refractivity contribution is 7.87. The number of likely N-dealkylation sites (tertiary alicyclic amines) is 1. The van der Waals surface area contributed by atoms with Crippen LogP contribution in [0.1, 0.15) is 44.6 Å². The van der Waals surface area contributed by atoms with Gasteiger partial charge in [-0.2, -0.15) is 21.6 Å². The molecule has 4 atom stereocenters. The molecule has 0 radical (unpaired) electrons. The second kappa shape index (κ2) is 9.15. The molecule has 3 rings (SSSR count). The van der Waals surface area contributed by atoms with Crippen molar-refractivity contribution in [3.05, 3.63) is 35.9 Å². The van der Waals surface area contributed by atoms with E-state index in [0.717, 1.165) is 31.7 Å². The third-order valence-corrected chi connectivity index (χ3v) is 6.85. The number of esters is 1. The molecule has 2 aliphatic rings. The minimum absolute atomic E-state index is 0.00148. The maximum Gasteiger partial charge on any atom is 0.523 e. The molecule has 7 nitrogen and oxygen atoms in total. The zero-order chi connectivity index (χ0) is 22.8. The number of carbonyl (C=O) groups is 2. The molecule has 11 heteroatoms. The standard InChI is InChI=1S/C20H24F3NO6S/c1-13(30-31(27,28)20(21,22)23)18(25)24-16-10-6-5-9-15(16)11-17(24)19(26)29-12-14-7-3-2-4-8-14/h2-4,7-8,13,15-17H,5-6,9-12H2,1H3/t13-,15-,16-,17+/m1/s1. The highest BCUT2D eigenvalue weighted by atomic mass is 32.2. The zero-order valence-electron chi connectivity index (χ0n) is 16.9. The highest BCUT2D eigenvalue weighted by Gasteiger charge is 2.52. The Bertz CT molecular complexity index is 905. The van der Waals surface area contributed by atoms with Crippen molar-refractivity contribution < 1.29 is 40.1 Å². The Labute approximate surface area is 178 Å². The number of nitrogens with zero attached hydrogens (tertiary/aromatic N) is 1. The minimum Gasteiger partial charge on any atom is -0.459 e. The summed E-state index contributed by atoms with van der Waals surface area (Å²) in [5.74, 6) is -1.64. The summed E-state index contributed by atoms with van der Waals surface area (Å²) in [7, 11) is -5.95. The van der Waals surface area contributed by atoms with Gasteiger partial charge >= 0.3 is 21.6 Å². The van der Waals surface area contributed by atoms with Gasteiger partial charge < -0.3 is 9.64 Å². The van der Waals surface area contributed by atoms with Crippen LogP contribution < -0.4 is 0 Å². The molecule has 31 heavy (non-hydrogen) atoms. The Morgan fingerprint density at radius 2 is 1.81 bits per heavy atom. The Morgan fingerprint density at radius 1 is 1.16 bits per heavy atom. The Hall–Kier alpha value is -2.14. The summed E-state index contributed by atoms with van der Waals surface area (Å²) in [5.41, 5.74) is -4.90. The van der Waals surface area contributed by atoms with Crippen molar-refractivity contribution in [1.29, 1.82) is 0 Å². The first-order valence-electron chi connectivity index (χ1n) is 10.0. The van der Waals surface area contributed by atoms with Gasteiger partial charge in [0.1, 0.15) is 12.6 Å². The van der Waals surface area contributed by atoms with Crippen molar-refractivity contribution in [2.75, 3.05) is 0 Å². The highest BCUT2D eigenvalue weighted by Crippen LogP contribution is 2.41. The molecule has 2 fully saturated rings. The average molecular weight is 463 g/mol. The molecule has 0 bridgehead atoms. The lowest BCUT2D eigenvalue weighted by molar-refractivity contribution is -0.158. The van der Waals surface area contributed by atoms with Gasteiger partial charge in [0, 0.05) is 6.04 Å². The van der Waals surface area contributed by atoms with E-state index in [1.54, 1.807) is 24.3 Å². The second-order valence-corrected chi connectivity index (χ2v) is 9.40. The molecule has 1 aromatic rings. The number of hydrogen-bond donors (Lipinski definition) is 0. The van der Waals surface area contributed by atoms with Gasteiger partial charge in [-0.05, 0) is 37.7 Å². The van der Waals surface area contributed by atoms with Crippen molar-refractivity contribution in [2.45, 2.75) is 69.3 Å². The van der Waals surface area contributed by atoms with Crippen LogP contribution in [0.5, 0.6) is 0 Å². The van der Waals surface area contributed by atoms with Crippen molar-refractivity contribution in [2.24, 2.45) is 5.92 Å². The fraction of sp³-hybridized carbons (Fsp3) is 0.600. The van der Waals surface area contributed by atoms with Crippen molar-refractivity contribution in [3.8, 4) is 0 Å². The molecule has 1 saturated heterocycles. The maximum absolute atomic E-state index is 13.0. The van der Waals surface area contributed by atoms with Crippen LogP contribution in [0.3, 0.4) is 0 Å². The maximum atomic E-state index is 13.0. The lowest BCUT2D eigenvalue weighted by atomic mass is 9.84. The van der Waals surface area contributed by atoms with Crippen LogP contribution >= 0.6 is 0 Å². The molecule has 1 aliphatic carbocycles. The van der Waals surface area contributed by atoms with Gasteiger partial charge in [0.2, 0.25) is 0 Å². The van der Waals surface area contributed by atoms with Crippen LogP contribution in [0.2, 0.25) is 0 Å². The molecule has 1 aromatic carbocycles. The van der Waals surface area contributed by atoms with E-state index in [9.17, 15) is 31.2 Å². The summed E-state index contributed by atoms with van der Waals surface area (Å²) in [6, 6.07) is 7.54. The van der Waals surface area contributed by atoms with E-state index in [4.69, 9.17) is 4.74 Å². The zero-order valence-corrected chi connectivity index (χ0v) is 17.7. The molecule has 0 spiro atoms. The first-order chi connectivity index (χ1) is 14.5. The molecule has 172 valence electrons. The van der Waals surface area contributed by atoms with Gasteiger partial charge in [-0.25, -0.2) is 4.79 Å². The Kier molecular flexibility index (Phi) is 6.95. The van der Waals surface area contributed by atoms with Gasteiger partial charge in [0.15, 0.2) is 6.10 Å². The van der Waals surface area contributed by atoms with Crippen molar-refractivity contribution in [3.63, 3.8) is 0 Å². The molecular formula is C20H24F3NO6S. The smallest absolute Gasteiger partial charge is 0.459 e. The molecule has 0 aromatic heterocycles. The van der Waals surface area contributed by atoms with Crippen LogP contribution in [0.4, 0.5) is 13.2 Å². The van der Waals surface area contributed by atoms with Gasteiger partial charge in [-0.15, -0.1) is 0 Å². The number of hydrogen-bond acceptors (Lipinski definition) is 6. The lowest BCUT2D eigenvalue weighted by Gasteiger charge is -2.34. The van der Waals surface area contributed by atoms with Crippen molar-refractivity contribution >= 4 is 22.0 Å². The van der Waals surface area contributed by atoms with Gasteiger partial charge in [0.05, 0.1) is 0 Å². The van der Waals surface area contributed by atoms with Gasteiger partial charge in [0.25, 0.3) is 5.91 Å². The third kappa shape index (κ3) is 5.20.